The molecule has 1 aliphatic heterocycles. The number of aliphatic hydroxyl groups is 1. The highest BCUT2D eigenvalue weighted by Crippen LogP contribution is 2.25. The van der Waals surface area contributed by atoms with Crippen LogP contribution in [0.15, 0.2) is 18.2 Å². The van der Waals surface area contributed by atoms with Crippen molar-refractivity contribution in [2.75, 3.05) is 19.6 Å². The summed E-state index contributed by atoms with van der Waals surface area (Å²) in [4.78, 5) is 2.32. The molecule has 0 spiro atoms. The van der Waals surface area contributed by atoms with Gasteiger partial charge in [0.2, 0.25) is 0 Å². The van der Waals surface area contributed by atoms with Gasteiger partial charge in [-0.25, -0.2) is 8.78 Å². The van der Waals surface area contributed by atoms with Crippen molar-refractivity contribution in [3.05, 3.63) is 35.4 Å². The van der Waals surface area contributed by atoms with Crippen molar-refractivity contribution in [1.29, 1.82) is 0 Å². The van der Waals surface area contributed by atoms with Crippen molar-refractivity contribution in [3.8, 4) is 0 Å². The van der Waals surface area contributed by atoms with Gasteiger partial charge >= 0.3 is 0 Å². The highest BCUT2D eigenvalue weighted by atomic mass is 19.1. The molecule has 0 bridgehead atoms. The van der Waals surface area contributed by atoms with E-state index in [1.165, 1.54) is 18.6 Å². The Balaban J connectivity index is 1.85. The van der Waals surface area contributed by atoms with E-state index in [1.54, 1.807) is 0 Å². The highest BCUT2D eigenvalue weighted by molar-refractivity contribution is 5.20. The topological polar surface area (TPSA) is 23.5 Å². The molecule has 1 aliphatic rings. The van der Waals surface area contributed by atoms with Crippen molar-refractivity contribution < 1.29 is 13.9 Å². The van der Waals surface area contributed by atoms with Crippen molar-refractivity contribution in [3.63, 3.8) is 0 Å². The molecule has 0 aromatic heterocycles. The van der Waals surface area contributed by atoms with E-state index in [0.29, 0.717) is 17.9 Å². The molecular weight excluding hydrogens is 260 g/mol. The average Bonchev–Trinajstić information content (AvgIpc) is 2.83. The summed E-state index contributed by atoms with van der Waals surface area (Å²) >= 11 is 0. The molecule has 0 radical (unpaired) electrons. The molecule has 1 aromatic rings. The number of likely N-dealkylation sites (tertiary alicyclic amines) is 1. The first-order chi connectivity index (χ1) is 9.45. The zero-order valence-corrected chi connectivity index (χ0v) is 12.1. The average molecular weight is 283 g/mol. The van der Waals surface area contributed by atoms with Gasteiger partial charge in [-0.1, -0.05) is 13.8 Å². The smallest absolute Gasteiger partial charge is 0.126 e. The number of rotatable bonds is 5. The zero-order valence-electron chi connectivity index (χ0n) is 12.1. The van der Waals surface area contributed by atoms with Crippen molar-refractivity contribution in [2.24, 2.45) is 11.8 Å². The van der Waals surface area contributed by atoms with E-state index < -0.39 is 17.7 Å². The molecule has 1 N–H and O–H groups in total. The van der Waals surface area contributed by atoms with Crippen LogP contribution in [-0.2, 0) is 0 Å². The molecule has 2 unspecified atom stereocenters. The fraction of sp³-hybridized carbons (Fsp3) is 0.625. The van der Waals surface area contributed by atoms with E-state index in [0.717, 1.165) is 31.6 Å². The summed E-state index contributed by atoms with van der Waals surface area (Å²) < 4.78 is 26.2. The lowest BCUT2D eigenvalue weighted by Crippen LogP contribution is -2.24. The second-order valence-electron chi connectivity index (χ2n) is 6.10. The lowest BCUT2D eigenvalue weighted by molar-refractivity contribution is 0.146. The number of halogens is 2. The predicted molar refractivity (Wildman–Crippen MR) is 75.3 cm³/mol. The van der Waals surface area contributed by atoms with E-state index in [9.17, 15) is 13.9 Å². The molecule has 2 atom stereocenters. The van der Waals surface area contributed by atoms with Crippen molar-refractivity contribution in [1.82, 2.24) is 4.90 Å². The number of hydrogen-bond donors (Lipinski definition) is 1. The Morgan fingerprint density at radius 2 is 1.90 bits per heavy atom. The Labute approximate surface area is 119 Å². The summed E-state index contributed by atoms with van der Waals surface area (Å²) in [5.74, 6) is 0.126. The van der Waals surface area contributed by atoms with Gasteiger partial charge in [0.05, 0.1) is 6.10 Å². The lowest BCUT2D eigenvalue weighted by Gasteiger charge is -2.19. The van der Waals surface area contributed by atoms with Gasteiger partial charge in [-0.3, -0.25) is 0 Å². The van der Waals surface area contributed by atoms with E-state index >= 15 is 0 Å². The fourth-order valence-corrected chi connectivity index (χ4v) is 2.85. The Morgan fingerprint density at radius 1 is 1.25 bits per heavy atom. The normalized spacial score (nSPS) is 21.6. The van der Waals surface area contributed by atoms with Crippen molar-refractivity contribution >= 4 is 0 Å². The predicted octanol–water partition coefficient (Wildman–Crippen LogP) is 3.37. The highest BCUT2D eigenvalue weighted by Gasteiger charge is 2.25. The van der Waals surface area contributed by atoms with Crippen LogP contribution in [0.4, 0.5) is 8.78 Å². The molecular formula is C16H23F2NO. The molecule has 1 saturated heterocycles. The fourth-order valence-electron chi connectivity index (χ4n) is 2.85. The molecule has 1 heterocycles. The van der Waals surface area contributed by atoms with Gasteiger partial charge in [-0.15, -0.1) is 0 Å². The van der Waals surface area contributed by atoms with Gasteiger partial charge in [0.25, 0.3) is 0 Å². The number of hydrogen-bond acceptors (Lipinski definition) is 2. The standard InChI is InChI=1S/C16H23F2NO/c1-11(2)12-3-5-19(10-12)6-4-16(20)13-7-14(17)9-15(18)8-13/h7-9,11-12,16,20H,3-6,10H2,1-2H3. The van der Waals surface area contributed by atoms with Crippen molar-refractivity contribution in [2.45, 2.75) is 32.8 Å². The number of benzene rings is 1. The second kappa shape index (κ2) is 6.64. The summed E-state index contributed by atoms with van der Waals surface area (Å²) in [6.07, 6.45) is 0.897. The van der Waals surface area contributed by atoms with E-state index in [-0.39, 0.29) is 0 Å². The zero-order chi connectivity index (χ0) is 14.7. The number of nitrogens with zero attached hydrogens (tertiary/aromatic N) is 1. The SMILES string of the molecule is CC(C)C1CCN(CCC(O)c2cc(F)cc(F)c2)C1. The Morgan fingerprint density at radius 3 is 2.45 bits per heavy atom. The Hall–Kier alpha value is -1.00. The maximum absolute atomic E-state index is 13.1. The Bertz CT molecular complexity index is 430. The summed E-state index contributed by atoms with van der Waals surface area (Å²) in [5.41, 5.74) is 0.321. The van der Waals surface area contributed by atoms with E-state index in [1.807, 2.05) is 0 Å². The molecule has 2 nitrogen and oxygen atoms in total. The molecule has 2 rings (SSSR count). The monoisotopic (exact) mass is 283 g/mol. The first-order valence-electron chi connectivity index (χ1n) is 7.32. The van der Waals surface area contributed by atoms with Gasteiger partial charge in [0.1, 0.15) is 11.6 Å². The van der Waals surface area contributed by atoms with Crippen LogP contribution in [-0.4, -0.2) is 29.6 Å². The quantitative estimate of drug-likeness (QED) is 0.895. The molecule has 0 amide bonds. The minimum absolute atomic E-state index is 0.321. The second-order valence-corrected chi connectivity index (χ2v) is 6.10. The van der Waals surface area contributed by atoms with Gasteiger partial charge < -0.3 is 10.0 Å². The first-order valence-corrected chi connectivity index (χ1v) is 7.32. The maximum atomic E-state index is 13.1. The third-order valence-corrected chi connectivity index (χ3v) is 4.24. The van der Waals surface area contributed by atoms with Gasteiger partial charge in [0.15, 0.2) is 0 Å². The van der Waals surface area contributed by atoms with Crippen LogP contribution in [0.2, 0.25) is 0 Å². The maximum Gasteiger partial charge on any atom is 0.126 e. The van der Waals surface area contributed by atoms with Gasteiger partial charge in [-0.2, -0.15) is 0 Å². The summed E-state index contributed by atoms with van der Waals surface area (Å²) in [6, 6.07) is 3.23. The largest absolute Gasteiger partial charge is 0.388 e. The molecule has 4 heteroatoms. The molecule has 1 fully saturated rings. The summed E-state index contributed by atoms with van der Waals surface area (Å²) in [7, 11) is 0. The first kappa shape index (κ1) is 15.4. The van der Waals surface area contributed by atoms with E-state index in [2.05, 4.69) is 18.7 Å². The van der Waals surface area contributed by atoms with Crippen LogP contribution >= 0.6 is 0 Å². The summed E-state index contributed by atoms with van der Waals surface area (Å²) in [6.45, 7) is 7.34. The lowest BCUT2D eigenvalue weighted by atomic mass is 9.95. The van der Waals surface area contributed by atoms with Crippen LogP contribution in [0.25, 0.3) is 0 Å². The van der Waals surface area contributed by atoms with E-state index in [4.69, 9.17) is 0 Å². The molecule has 0 saturated carbocycles. The molecule has 1 aromatic carbocycles. The summed E-state index contributed by atoms with van der Waals surface area (Å²) in [5, 5.41) is 10.0. The van der Waals surface area contributed by atoms with Crippen LogP contribution in [0.1, 0.15) is 38.4 Å². The molecule has 0 aliphatic carbocycles. The van der Waals surface area contributed by atoms with Crippen LogP contribution in [0.3, 0.4) is 0 Å². The molecule has 20 heavy (non-hydrogen) atoms. The minimum Gasteiger partial charge on any atom is -0.388 e. The Kier molecular flexibility index (Phi) is 5.11. The minimum atomic E-state index is -0.807. The molecule has 112 valence electrons. The third kappa shape index (κ3) is 4.00. The number of aliphatic hydroxyl groups excluding tert-OH is 1. The van der Waals surface area contributed by atoms with Gasteiger partial charge in [0, 0.05) is 19.2 Å². The van der Waals surface area contributed by atoms with Crippen LogP contribution in [0.5, 0.6) is 0 Å². The van der Waals surface area contributed by atoms with Crippen LogP contribution < -0.4 is 0 Å². The van der Waals surface area contributed by atoms with Crippen LogP contribution in [0, 0.1) is 23.5 Å². The van der Waals surface area contributed by atoms with Gasteiger partial charge in [-0.05, 0) is 48.9 Å². The third-order valence-electron chi connectivity index (χ3n) is 4.24.